The fraction of sp³-hybridized carbons (Fsp3) is 0.389. The lowest BCUT2D eigenvalue weighted by molar-refractivity contribution is 0.207. The van der Waals surface area contributed by atoms with Crippen LogP contribution in [0.1, 0.15) is 31.0 Å². The quantitative estimate of drug-likeness (QED) is 0.854. The molecule has 0 unspecified atom stereocenters. The summed E-state index contributed by atoms with van der Waals surface area (Å²) in [5.74, 6) is 0. The van der Waals surface area contributed by atoms with E-state index in [2.05, 4.69) is 22.9 Å². The molecule has 2 rings (SSSR count). The number of aryl methyl sites for hydroxylation is 2. The van der Waals surface area contributed by atoms with Gasteiger partial charge in [-0.2, -0.15) is 0 Å². The molecule has 0 spiro atoms. The molecule has 2 aromatic rings. The highest BCUT2D eigenvalue weighted by Crippen LogP contribution is 2.13. The Morgan fingerprint density at radius 2 is 2.09 bits per heavy atom. The molecular weight excluding hydrogens is 274 g/mol. The summed E-state index contributed by atoms with van der Waals surface area (Å²) in [4.78, 5) is 14.4. The van der Waals surface area contributed by atoms with E-state index in [0.29, 0.717) is 6.54 Å². The van der Waals surface area contributed by atoms with Crippen molar-refractivity contribution in [3.8, 4) is 0 Å². The van der Waals surface area contributed by atoms with Crippen molar-refractivity contribution >= 4 is 11.7 Å². The SMILES string of the molecule is CCCCN(Cc1cccn1C)C(=O)Nc1cccc(C)c1. The molecule has 0 aliphatic rings. The Morgan fingerprint density at radius 3 is 2.73 bits per heavy atom. The molecule has 22 heavy (non-hydrogen) atoms. The van der Waals surface area contributed by atoms with Crippen LogP contribution in [0.2, 0.25) is 0 Å². The minimum absolute atomic E-state index is 0.0414. The number of hydrogen-bond acceptors (Lipinski definition) is 1. The number of hydrogen-bond donors (Lipinski definition) is 1. The maximum Gasteiger partial charge on any atom is 0.322 e. The molecule has 1 aromatic carbocycles. The highest BCUT2D eigenvalue weighted by Gasteiger charge is 2.15. The second-order valence-electron chi connectivity index (χ2n) is 5.69. The van der Waals surface area contributed by atoms with Crippen LogP contribution in [0.3, 0.4) is 0 Å². The number of nitrogens with zero attached hydrogens (tertiary/aromatic N) is 2. The lowest BCUT2D eigenvalue weighted by atomic mass is 10.2. The first-order valence-electron chi connectivity index (χ1n) is 7.83. The molecule has 0 atom stereocenters. The number of benzene rings is 1. The van der Waals surface area contributed by atoms with Gasteiger partial charge in [0.15, 0.2) is 0 Å². The van der Waals surface area contributed by atoms with Crippen molar-refractivity contribution in [1.29, 1.82) is 0 Å². The second kappa shape index (κ2) is 7.69. The molecule has 4 heteroatoms. The number of urea groups is 1. The van der Waals surface area contributed by atoms with E-state index in [-0.39, 0.29) is 6.03 Å². The summed E-state index contributed by atoms with van der Waals surface area (Å²) in [7, 11) is 2.01. The normalized spacial score (nSPS) is 10.5. The summed E-state index contributed by atoms with van der Waals surface area (Å²) >= 11 is 0. The number of nitrogens with one attached hydrogen (secondary N) is 1. The largest absolute Gasteiger partial charge is 0.353 e. The van der Waals surface area contributed by atoms with Crippen molar-refractivity contribution in [1.82, 2.24) is 9.47 Å². The van der Waals surface area contributed by atoms with E-state index < -0.39 is 0 Å². The van der Waals surface area contributed by atoms with Gasteiger partial charge in [-0.25, -0.2) is 4.79 Å². The summed E-state index contributed by atoms with van der Waals surface area (Å²) in [5.41, 5.74) is 3.12. The van der Waals surface area contributed by atoms with Crippen LogP contribution in [0.25, 0.3) is 0 Å². The topological polar surface area (TPSA) is 37.3 Å². The molecule has 0 bridgehead atoms. The Morgan fingerprint density at radius 1 is 1.27 bits per heavy atom. The summed E-state index contributed by atoms with van der Waals surface area (Å²) in [5, 5.41) is 3.00. The monoisotopic (exact) mass is 299 g/mol. The molecule has 0 fully saturated rings. The number of aromatic nitrogens is 1. The van der Waals surface area contributed by atoms with Crippen molar-refractivity contribution in [3.05, 3.63) is 53.9 Å². The van der Waals surface area contributed by atoms with E-state index >= 15 is 0 Å². The van der Waals surface area contributed by atoms with Crippen molar-refractivity contribution in [2.24, 2.45) is 7.05 Å². The van der Waals surface area contributed by atoms with Gasteiger partial charge in [-0.15, -0.1) is 0 Å². The minimum Gasteiger partial charge on any atom is -0.353 e. The standard InChI is InChI=1S/C18H25N3O/c1-4-5-12-21(14-17-10-7-11-20(17)3)18(22)19-16-9-6-8-15(2)13-16/h6-11,13H,4-5,12,14H2,1-3H3,(H,19,22). The molecule has 0 saturated carbocycles. The number of rotatable bonds is 6. The van der Waals surface area contributed by atoms with Gasteiger partial charge in [-0.3, -0.25) is 0 Å². The molecular formula is C18H25N3O. The van der Waals surface area contributed by atoms with Crippen molar-refractivity contribution in [3.63, 3.8) is 0 Å². The van der Waals surface area contributed by atoms with Crippen LogP contribution in [0.15, 0.2) is 42.6 Å². The molecule has 118 valence electrons. The van der Waals surface area contributed by atoms with E-state index in [4.69, 9.17) is 0 Å². The van der Waals surface area contributed by atoms with E-state index in [1.165, 1.54) is 0 Å². The van der Waals surface area contributed by atoms with Crippen LogP contribution in [0.5, 0.6) is 0 Å². The van der Waals surface area contributed by atoms with Crippen LogP contribution in [0.4, 0.5) is 10.5 Å². The van der Waals surface area contributed by atoms with Gasteiger partial charge in [0, 0.05) is 31.2 Å². The molecule has 2 amide bonds. The molecule has 1 heterocycles. The summed E-state index contributed by atoms with van der Waals surface area (Å²) in [6.45, 7) is 5.55. The zero-order valence-electron chi connectivity index (χ0n) is 13.7. The fourth-order valence-corrected chi connectivity index (χ4v) is 2.38. The second-order valence-corrected chi connectivity index (χ2v) is 5.69. The summed E-state index contributed by atoms with van der Waals surface area (Å²) < 4.78 is 2.05. The predicted octanol–water partition coefficient (Wildman–Crippen LogP) is 4.17. The molecule has 0 aliphatic heterocycles. The van der Waals surface area contributed by atoms with Gasteiger partial charge in [0.25, 0.3) is 0 Å². The first kappa shape index (κ1) is 16.1. The zero-order chi connectivity index (χ0) is 15.9. The average Bonchev–Trinajstić information content (AvgIpc) is 2.88. The van der Waals surface area contributed by atoms with Gasteiger partial charge < -0.3 is 14.8 Å². The molecule has 0 aliphatic carbocycles. The number of amides is 2. The Bertz CT molecular complexity index is 618. The van der Waals surface area contributed by atoms with Crippen LogP contribution >= 0.6 is 0 Å². The lowest BCUT2D eigenvalue weighted by Gasteiger charge is -2.23. The smallest absolute Gasteiger partial charge is 0.322 e. The van der Waals surface area contributed by atoms with E-state index in [0.717, 1.165) is 36.3 Å². The van der Waals surface area contributed by atoms with E-state index in [1.807, 2.05) is 55.4 Å². The van der Waals surface area contributed by atoms with Crippen molar-refractivity contribution in [2.75, 3.05) is 11.9 Å². The molecule has 4 nitrogen and oxygen atoms in total. The summed E-state index contributed by atoms with van der Waals surface area (Å²) in [6.07, 6.45) is 4.08. The Hall–Kier alpha value is -2.23. The van der Waals surface area contributed by atoms with Crippen LogP contribution in [-0.4, -0.2) is 22.0 Å². The van der Waals surface area contributed by atoms with E-state index in [9.17, 15) is 4.79 Å². The lowest BCUT2D eigenvalue weighted by Crippen LogP contribution is -2.35. The zero-order valence-corrected chi connectivity index (χ0v) is 13.7. The van der Waals surface area contributed by atoms with Gasteiger partial charge >= 0.3 is 6.03 Å². The number of unbranched alkanes of at least 4 members (excludes halogenated alkanes) is 1. The number of carbonyl (C=O) groups excluding carboxylic acids is 1. The highest BCUT2D eigenvalue weighted by atomic mass is 16.2. The third-order valence-electron chi connectivity index (χ3n) is 3.74. The van der Waals surface area contributed by atoms with Crippen molar-refractivity contribution in [2.45, 2.75) is 33.2 Å². The third kappa shape index (κ3) is 4.38. The maximum atomic E-state index is 12.6. The first-order chi connectivity index (χ1) is 10.6. The maximum absolute atomic E-state index is 12.6. The highest BCUT2D eigenvalue weighted by molar-refractivity contribution is 5.89. The van der Waals surface area contributed by atoms with Crippen LogP contribution < -0.4 is 5.32 Å². The minimum atomic E-state index is -0.0414. The van der Waals surface area contributed by atoms with Crippen LogP contribution in [0, 0.1) is 6.92 Å². The summed E-state index contributed by atoms with van der Waals surface area (Å²) in [6, 6.07) is 11.9. The van der Waals surface area contributed by atoms with Gasteiger partial charge in [0.05, 0.1) is 6.54 Å². The average molecular weight is 299 g/mol. The number of anilines is 1. The Kier molecular flexibility index (Phi) is 5.64. The Balaban J connectivity index is 2.07. The first-order valence-corrected chi connectivity index (χ1v) is 7.83. The van der Waals surface area contributed by atoms with Gasteiger partial charge in [0.2, 0.25) is 0 Å². The van der Waals surface area contributed by atoms with Gasteiger partial charge in [-0.1, -0.05) is 25.5 Å². The molecule has 1 N–H and O–H groups in total. The molecule has 0 radical (unpaired) electrons. The van der Waals surface area contributed by atoms with Crippen LogP contribution in [-0.2, 0) is 13.6 Å². The molecule has 0 saturated heterocycles. The number of carbonyl (C=O) groups is 1. The van der Waals surface area contributed by atoms with Gasteiger partial charge in [-0.05, 0) is 43.2 Å². The van der Waals surface area contributed by atoms with E-state index in [1.54, 1.807) is 0 Å². The predicted molar refractivity (Wildman–Crippen MR) is 90.9 cm³/mol. The Labute approximate surface area is 132 Å². The van der Waals surface area contributed by atoms with Crippen molar-refractivity contribution < 1.29 is 4.79 Å². The van der Waals surface area contributed by atoms with Gasteiger partial charge in [0.1, 0.15) is 0 Å². The molecule has 1 aromatic heterocycles. The third-order valence-corrected chi connectivity index (χ3v) is 3.74. The fourth-order valence-electron chi connectivity index (χ4n) is 2.38.